The molecule has 0 radical (unpaired) electrons. The van der Waals surface area contributed by atoms with Crippen LogP contribution >= 0.6 is 15.9 Å². The summed E-state index contributed by atoms with van der Waals surface area (Å²) in [6.45, 7) is 1.34. The van der Waals surface area contributed by atoms with E-state index in [0.717, 1.165) is 39.6 Å². The van der Waals surface area contributed by atoms with Crippen molar-refractivity contribution in [1.82, 2.24) is 4.98 Å². The molecule has 30 heavy (non-hydrogen) atoms. The lowest BCUT2D eigenvalue weighted by Gasteiger charge is -2.05. The normalized spacial score (nSPS) is 11.5. The van der Waals surface area contributed by atoms with Crippen molar-refractivity contribution in [3.8, 4) is 11.1 Å². The SMILES string of the molecule is Brc1ccc2oc(CCCOCc3ccccc3)c(-c3c[nH]c4ccccc34)c2c1. The van der Waals surface area contributed by atoms with Crippen LogP contribution in [0, 0.1) is 0 Å². The third-order valence-electron chi connectivity index (χ3n) is 5.39. The number of H-pyrrole nitrogens is 1. The average Bonchev–Trinajstić information content (AvgIpc) is 3.35. The summed E-state index contributed by atoms with van der Waals surface area (Å²) in [5, 5.41) is 2.34. The van der Waals surface area contributed by atoms with Crippen molar-refractivity contribution in [3.63, 3.8) is 0 Å². The van der Waals surface area contributed by atoms with Gasteiger partial charge >= 0.3 is 0 Å². The molecule has 4 heteroatoms. The number of benzene rings is 3. The van der Waals surface area contributed by atoms with E-state index >= 15 is 0 Å². The van der Waals surface area contributed by atoms with Crippen molar-refractivity contribution < 1.29 is 9.15 Å². The molecule has 0 aliphatic rings. The Kier molecular flexibility index (Phi) is 5.43. The van der Waals surface area contributed by atoms with Crippen LogP contribution < -0.4 is 0 Å². The van der Waals surface area contributed by atoms with Crippen molar-refractivity contribution >= 4 is 37.8 Å². The van der Waals surface area contributed by atoms with Crippen LogP contribution in [0.1, 0.15) is 17.7 Å². The molecular weight excluding hydrogens is 438 g/mol. The Morgan fingerprint density at radius 2 is 1.73 bits per heavy atom. The Balaban J connectivity index is 1.41. The lowest BCUT2D eigenvalue weighted by molar-refractivity contribution is 0.118. The van der Waals surface area contributed by atoms with Gasteiger partial charge in [0.05, 0.1) is 6.61 Å². The van der Waals surface area contributed by atoms with Crippen molar-refractivity contribution in [2.75, 3.05) is 6.61 Å². The number of rotatable bonds is 7. The predicted octanol–water partition coefficient (Wildman–Crippen LogP) is 7.49. The fourth-order valence-electron chi connectivity index (χ4n) is 3.97. The summed E-state index contributed by atoms with van der Waals surface area (Å²) in [5.41, 5.74) is 5.60. The minimum atomic E-state index is 0.642. The molecule has 0 amide bonds. The average molecular weight is 460 g/mol. The van der Waals surface area contributed by atoms with Gasteiger partial charge in [-0.25, -0.2) is 0 Å². The maximum absolute atomic E-state index is 6.30. The van der Waals surface area contributed by atoms with Crippen LogP contribution in [0.25, 0.3) is 33.0 Å². The van der Waals surface area contributed by atoms with E-state index in [4.69, 9.17) is 9.15 Å². The van der Waals surface area contributed by atoms with Crippen LogP contribution in [0.3, 0.4) is 0 Å². The fourth-order valence-corrected chi connectivity index (χ4v) is 4.33. The molecule has 0 aliphatic carbocycles. The Labute approximate surface area is 183 Å². The second kappa shape index (κ2) is 8.50. The van der Waals surface area contributed by atoms with E-state index in [9.17, 15) is 0 Å². The maximum atomic E-state index is 6.30. The van der Waals surface area contributed by atoms with Gasteiger partial charge in [0, 0.05) is 51.1 Å². The highest BCUT2D eigenvalue weighted by molar-refractivity contribution is 9.10. The minimum Gasteiger partial charge on any atom is -0.460 e. The van der Waals surface area contributed by atoms with Crippen LogP contribution in [0.5, 0.6) is 0 Å². The molecule has 0 spiro atoms. The maximum Gasteiger partial charge on any atom is 0.135 e. The predicted molar refractivity (Wildman–Crippen MR) is 126 cm³/mol. The van der Waals surface area contributed by atoms with Crippen molar-refractivity contribution in [1.29, 1.82) is 0 Å². The molecule has 0 saturated heterocycles. The number of aryl methyl sites for hydroxylation is 1. The molecule has 1 N–H and O–H groups in total. The van der Waals surface area contributed by atoms with Crippen molar-refractivity contribution in [3.05, 3.63) is 94.8 Å². The molecule has 2 aromatic heterocycles. The highest BCUT2D eigenvalue weighted by atomic mass is 79.9. The number of hydrogen-bond acceptors (Lipinski definition) is 2. The van der Waals surface area contributed by atoms with Crippen LogP contribution in [0.15, 0.2) is 87.9 Å². The molecule has 0 saturated carbocycles. The smallest absolute Gasteiger partial charge is 0.135 e. The van der Waals surface area contributed by atoms with Crippen molar-refractivity contribution in [2.45, 2.75) is 19.4 Å². The largest absolute Gasteiger partial charge is 0.460 e. The van der Waals surface area contributed by atoms with Gasteiger partial charge in [-0.3, -0.25) is 0 Å². The number of furan rings is 1. The summed E-state index contributed by atoms with van der Waals surface area (Å²) in [6, 6.07) is 24.9. The molecule has 0 bridgehead atoms. The second-order valence-corrected chi connectivity index (χ2v) is 8.35. The van der Waals surface area contributed by atoms with E-state index in [2.05, 4.69) is 69.6 Å². The summed E-state index contributed by atoms with van der Waals surface area (Å²) in [6.07, 6.45) is 3.82. The van der Waals surface area contributed by atoms with Crippen LogP contribution in [0.2, 0.25) is 0 Å². The Morgan fingerprint density at radius 3 is 2.63 bits per heavy atom. The number of nitrogens with one attached hydrogen (secondary N) is 1. The fraction of sp³-hybridized carbons (Fsp3) is 0.154. The second-order valence-electron chi connectivity index (χ2n) is 7.43. The van der Waals surface area contributed by atoms with E-state index < -0.39 is 0 Å². The van der Waals surface area contributed by atoms with Crippen LogP contribution in [-0.2, 0) is 17.8 Å². The molecule has 2 heterocycles. The topological polar surface area (TPSA) is 38.2 Å². The molecular formula is C26H22BrNO2. The monoisotopic (exact) mass is 459 g/mol. The quantitative estimate of drug-likeness (QED) is 0.256. The minimum absolute atomic E-state index is 0.642. The molecule has 150 valence electrons. The molecule has 3 nitrogen and oxygen atoms in total. The zero-order chi connectivity index (χ0) is 20.3. The summed E-state index contributed by atoms with van der Waals surface area (Å²) in [5.74, 6) is 1.01. The molecule has 0 aliphatic heterocycles. The molecule has 3 aromatic carbocycles. The van der Waals surface area contributed by atoms with Gasteiger partial charge in [-0.1, -0.05) is 64.5 Å². The summed E-state index contributed by atoms with van der Waals surface area (Å²) in [7, 11) is 0. The lowest BCUT2D eigenvalue weighted by Crippen LogP contribution is -1.97. The first kappa shape index (κ1) is 19.2. The third-order valence-corrected chi connectivity index (χ3v) is 5.88. The Morgan fingerprint density at radius 1 is 0.900 bits per heavy atom. The van der Waals surface area contributed by atoms with Gasteiger partial charge in [-0.05, 0) is 36.2 Å². The molecule has 0 unspecified atom stereocenters. The highest BCUT2D eigenvalue weighted by Crippen LogP contribution is 2.40. The van der Waals surface area contributed by atoms with E-state index in [1.165, 1.54) is 22.1 Å². The van der Waals surface area contributed by atoms with E-state index in [1.54, 1.807) is 0 Å². The highest BCUT2D eigenvalue weighted by Gasteiger charge is 2.19. The number of fused-ring (bicyclic) bond motifs is 2. The van der Waals surface area contributed by atoms with Crippen molar-refractivity contribution in [2.24, 2.45) is 0 Å². The number of halogens is 1. The Bertz CT molecular complexity index is 1290. The molecule has 5 rings (SSSR count). The number of ether oxygens (including phenoxy) is 1. The third kappa shape index (κ3) is 3.81. The summed E-state index contributed by atoms with van der Waals surface area (Å²) < 4.78 is 13.2. The summed E-state index contributed by atoms with van der Waals surface area (Å²) in [4.78, 5) is 3.40. The van der Waals surface area contributed by atoms with E-state index in [1.807, 2.05) is 30.3 Å². The molecule has 5 aromatic rings. The zero-order valence-electron chi connectivity index (χ0n) is 16.5. The van der Waals surface area contributed by atoms with Gasteiger partial charge in [0.15, 0.2) is 0 Å². The summed E-state index contributed by atoms with van der Waals surface area (Å²) >= 11 is 3.61. The van der Waals surface area contributed by atoms with Gasteiger partial charge < -0.3 is 14.1 Å². The van der Waals surface area contributed by atoms with Gasteiger partial charge in [-0.2, -0.15) is 0 Å². The van der Waals surface area contributed by atoms with E-state index in [0.29, 0.717) is 13.2 Å². The van der Waals surface area contributed by atoms with Gasteiger partial charge in [0.25, 0.3) is 0 Å². The van der Waals surface area contributed by atoms with Crippen LogP contribution in [0.4, 0.5) is 0 Å². The van der Waals surface area contributed by atoms with Gasteiger partial charge in [0.2, 0.25) is 0 Å². The lowest BCUT2D eigenvalue weighted by atomic mass is 9.99. The number of aromatic nitrogens is 1. The first-order valence-electron chi connectivity index (χ1n) is 10.2. The van der Waals surface area contributed by atoms with Crippen LogP contribution in [-0.4, -0.2) is 11.6 Å². The van der Waals surface area contributed by atoms with Gasteiger partial charge in [0.1, 0.15) is 11.3 Å². The van der Waals surface area contributed by atoms with Gasteiger partial charge in [-0.15, -0.1) is 0 Å². The first-order chi connectivity index (χ1) is 14.8. The Hall–Kier alpha value is -2.82. The molecule has 0 atom stereocenters. The standard InChI is InChI=1S/C26H22BrNO2/c27-19-12-13-24-21(15-19)26(22-16-28-23-10-5-4-9-20(22)23)25(30-24)11-6-14-29-17-18-7-2-1-3-8-18/h1-5,7-10,12-13,15-16,28H,6,11,14,17H2. The first-order valence-corrected chi connectivity index (χ1v) is 11.0. The number of aromatic amines is 1. The van der Waals surface area contributed by atoms with E-state index in [-0.39, 0.29) is 0 Å². The zero-order valence-corrected chi connectivity index (χ0v) is 18.1. The molecule has 0 fully saturated rings. The number of hydrogen-bond donors (Lipinski definition) is 1. The number of para-hydroxylation sites is 1.